The summed E-state index contributed by atoms with van der Waals surface area (Å²) >= 11 is 5.95. The first kappa shape index (κ1) is 19.8. The van der Waals surface area contributed by atoms with E-state index in [-0.39, 0.29) is 17.5 Å². The molecule has 4 aromatic rings. The predicted octanol–water partition coefficient (Wildman–Crippen LogP) is 4.93. The van der Waals surface area contributed by atoms with Gasteiger partial charge in [0, 0.05) is 23.5 Å². The number of nitrogens with zero attached hydrogens (tertiary/aromatic N) is 3. The van der Waals surface area contributed by atoms with Crippen molar-refractivity contribution in [1.29, 1.82) is 0 Å². The standard InChI is InChI=1S/C21H15ClF2N4O2/c1-12-2-3-14(20-25-4-5-30-20)8-18(12)26-21-27-19(29)17(22)11-28(21)10-13-6-15(23)9-16(24)7-13/h2-9,11H,10H2,1H3,(H,26,27,29). The Morgan fingerprint density at radius 1 is 1.17 bits per heavy atom. The van der Waals surface area contributed by atoms with E-state index in [0.29, 0.717) is 17.1 Å². The van der Waals surface area contributed by atoms with Gasteiger partial charge in [0.05, 0.1) is 12.7 Å². The largest absolute Gasteiger partial charge is 0.445 e. The summed E-state index contributed by atoms with van der Waals surface area (Å²) in [5.74, 6) is -0.792. The van der Waals surface area contributed by atoms with Crippen LogP contribution in [0.5, 0.6) is 0 Å². The van der Waals surface area contributed by atoms with Crippen LogP contribution in [0.4, 0.5) is 20.4 Å². The summed E-state index contributed by atoms with van der Waals surface area (Å²) in [6, 6.07) is 8.71. The van der Waals surface area contributed by atoms with Crippen molar-refractivity contribution in [2.24, 2.45) is 0 Å². The predicted molar refractivity (Wildman–Crippen MR) is 109 cm³/mol. The number of rotatable bonds is 5. The third kappa shape index (κ3) is 4.23. The SMILES string of the molecule is Cc1ccc(-c2ncco2)cc1Nc1nc(=O)c(Cl)cn1Cc1cc(F)cc(F)c1. The molecule has 0 aliphatic carbocycles. The van der Waals surface area contributed by atoms with Crippen LogP contribution < -0.4 is 10.9 Å². The molecule has 2 aromatic heterocycles. The maximum Gasteiger partial charge on any atom is 0.293 e. The highest BCUT2D eigenvalue weighted by molar-refractivity contribution is 6.30. The summed E-state index contributed by atoms with van der Waals surface area (Å²) in [5.41, 5.74) is 1.98. The minimum Gasteiger partial charge on any atom is -0.445 e. The number of aryl methyl sites for hydroxylation is 1. The van der Waals surface area contributed by atoms with Gasteiger partial charge in [0.25, 0.3) is 5.56 Å². The smallest absolute Gasteiger partial charge is 0.293 e. The zero-order valence-corrected chi connectivity index (χ0v) is 16.5. The molecule has 0 saturated heterocycles. The van der Waals surface area contributed by atoms with Gasteiger partial charge in [-0.3, -0.25) is 4.79 Å². The van der Waals surface area contributed by atoms with Gasteiger partial charge in [-0.25, -0.2) is 13.8 Å². The normalized spacial score (nSPS) is 10.9. The number of anilines is 2. The lowest BCUT2D eigenvalue weighted by Gasteiger charge is -2.16. The Bertz CT molecular complexity index is 1250. The van der Waals surface area contributed by atoms with Gasteiger partial charge in [-0.05, 0) is 42.3 Å². The van der Waals surface area contributed by atoms with Gasteiger partial charge in [-0.2, -0.15) is 4.98 Å². The van der Waals surface area contributed by atoms with Crippen LogP contribution in [0, 0.1) is 18.6 Å². The first-order valence-electron chi connectivity index (χ1n) is 8.88. The van der Waals surface area contributed by atoms with Crippen molar-refractivity contribution < 1.29 is 13.2 Å². The summed E-state index contributed by atoms with van der Waals surface area (Å²) < 4.78 is 34.0. The van der Waals surface area contributed by atoms with E-state index in [1.54, 1.807) is 12.3 Å². The molecule has 0 aliphatic heterocycles. The number of halogens is 3. The Labute approximate surface area is 174 Å². The molecule has 2 heterocycles. The maximum atomic E-state index is 13.6. The van der Waals surface area contributed by atoms with Gasteiger partial charge in [0.2, 0.25) is 11.8 Å². The molecule has 0 saturated carbocycles. The number of hydrogen-bond acceptors (Lipinski definition) is 5. The molecule has 4 rings (SSSR count). The topological polar surface area (TPSA) is 73.0 Å². The lowest BCUT2D eigenvalue weighted by atomic mass is 10.1. The molecule has 2 aromatic carbocycles. The summed E-state index contributed by atoms with van der Waals surface area (Å²) in [4.78, 5) is 20.1. The zero-order chi connectivity index (χ0) is 21.3. The molecule has 6 nitrogen and oxygen atoms in total. The van der Waals surface area contributed by atoms with Crippen LogP contribution >= 0.6 is 11.6 Å². The second-order valence-electron chi connectivity index (χ2n) is 6.62. The number of oxazole rings is 1. The number of nitrogens with one attached hydrogen (secondary N) is 1. The van der Waals surface area contributed by atoms with E-state index in [9.17, 15) is 13.6 Å². The summed E-state index contributed by atoms with van der Waals surface area (Å²) in [6.45, 7) is 1.92. The average Bonchev–Trinajstić information content (AvgIpc) is 3.21. The van der Waals surface area contributed by atoms with E-state index in [1.807, 2.05) is 19.1 Å². The summed E-state index contributed by atoms with van der Waals surface area (Å²) in [5, 5.41) is 2.99. The third-order valence-corrected chi connectivity index (χ3v) is 4.65. The van der Waals surface area contributed by atoms with Crippen LogP contribution in [0.2, 0.25) is 5.02 Å². The van der Waals surface area contributed by atoms with E-state index in [4.69, 9.17) is 16.0 Å². The molecule has 0 fully saturated rings. The highest BCUT2D eigenvalue weighted by atomic mass is 35.5. The van der Waals surface area contributed by atoms with Crippen molar-refractivity contribution in [2.75, 3.05) is 5.32 Å². The van der Waals surface area contributed by atoms with Crippen LogP contribution in [0.25, 0.3) is 11.5 Å². The Hall–Kier alpha value is -3.52. The fourth-order valence-corrected chi connectivity index (χ4v) is 3.12. The summed E-state index contributed by atoms with van der Waals surface area (Å²) in [7, 11) is 0. The Morgan fingerprint density at radius 2 is 1.93 bits per heavy atom. The van der Waals surface area contributed by atoms with Gasteiger partial charge in [0.15, 0.2) is 0 Å². The van der Waals surface area contributed by atoms with Crippen LogP contribution in [0.3, 0.4) is 0 Å². The van der Waals surface area contributed by atoms with Crippen molar-refractivity contribution in [3.8, 4) is 11.5 Å². The first-order valence-corrected chi connectivity index (χ1v) is 9.26. The monoisotopic (exact) mass is 428 g/mol. The van der Waals surface area contributed by atoms with E-state index in [1.165, 1.54) is 29.2 Å². The van der Waals surface area contributed by atoms with Crippen molar-refractivity contribution in [2.45, 2.75) is 13.5 Å². The zero-order valence-electron chi connectivity index (χ0n) is 15.7. The van der Waals surface area contributed by atoms with E-state index in [0.717, 1.165) is 17.2 Å². The average molecular weight is 429 g/mol. The molecule has 0 radical (unpaired) electrons. The van der Waals surface area contributed by atoms with Crippen molar-refractivity contribution in [1.82, 2.24) is 14.5 Å². The Kier molecular flexibility index (Phi) is 5.33. The molecule has 0 spiro atoms. The van der Waals surface area contributed by atoms with E-state index < -0.39 is 17.2 Å². The number of aromatic nitrogens is 3. The molecule has 0 atom stereocenters. The van der Waals surface area contributed by atoms with Gasteiger partial charge < -0.3 is 14.3 Å². The number of hydrogen-bond donors (Lipinski definition) is 1. The third-order valence-electron chi connectivity index (χ3n) is 4.39. The molecule has 9 heteroatoms. The van der Waals surface area contributed by atoms with Crippen molar-refractivity contribution in [3.63, 3.8) is 0 Å². The molecule has 0 aliphatic rings. The van der Waals surface area contributed by atoms with Crippen molar-refractivity contribution in [3.05, 3.63) is 93.2 Å². The molecule has 30 heavy (non-hydrogen) atoms. The lowest BCUT2D eigenvalue weighted by molar-refractivity contribution is 0.574. The molecule has 0 unspecified atom stereocenters. The lowest BCUT2D eigenvalue weighted by Crippen LogP contribution is -2.18. The first-order chi connectivity index (χ1) is 14.4. The van der Waals surface area contributed by atoms with Gasteiger partial charge >= 0.3 is 0 Å². The fraction of sp³-hybridized carbons (Fsp3) is 0.0952. The van der Waals surface area contributed by atoms with Crippen LogP contribution in [-0.4, -0.2) is 14.5 Å². The second-order valence-corrected chi connectivity index (χ2v) is 7.02. The number of benzene rings is 2. The van der Waals surface area contributed by atoms with Gasteiger partial charge in [-0.1, -0.05) is 17.7 Å². The van der Waals surface area contributed by atoms with Crippen molar-refractivity contribution >= 4 is 23.2 Å². The molecule has 152 valence electrons. The van der Waals surface area contributed by atoms with Crippen LogP contribution in [0.1, 0.15) is 11.1 Å². The highest BCUT2D eigenvalue weighted by Crippen LogP contribution is 2.26. The quantitative estimate of drug-likeness (QED) is 0.488. The van der Waals surface area contributed by atoms with E-state index >= 15 is 0 Å². The summed E-state index contributed by atoms with van der Waals surface area (Å²) in [6.07, 6.45) is 4.38. The maximum absolute atomic E-state index is 13.6. The molecule has 0 amide bonds. The van der Waals surface area contributed by atoms with Gasteiger partial charge in [-0.15, -0.1) is 0 Å². The minimum absolute atomic E-state index is 0.0441. The Morgan fingerprint density at radius 3 is 2.63 bits per heavy atom. The molecular formula is C21H15ClF2N4O2. The Balaban J connectivity index is 1.73. The minimum atomic E-state index is -0.700. The van der Waals surface area contributed by atoms with Crippen LogP contribution in [-0.2, 0) is 6.54 Å². The molecule has 1 N–H and O–H groups in total. The fourth-order valence-electron chi connectivity index (χ4n) is 2.96. The second kappa shape index (κ2) is 8.08. The molecule has 0 bridgehead atoms. The molecular weight excluding hydrogens is 414 g/mol. The van der Waals surface area contributed by atoms with Crippen LogP contribution in [0.15, 0.2) is 64.3 Å². The van der Waals surface area contributed by atoms with E-state index in [2.05, 4.69) is 15.3 Å². The van der Waals surface area contributed by atoms with Gasteiger partial charge in [0.1, 0.15) is 22.9 Å². The highest BCUT2D eigenvalue weighted by Gasteiger charge is 2.12.